The van der Waals surface area contributed by atoms with E-state index in [0.717, 1.165) is 83.5 Å². The summed E-state index contributed by atoms with van der Waals surface area (Å²) in [5.74, 6) is -0.504. The molecule has 3 atom stereocenters. The predicted molar refractivity (Wildman–Crippen MR) is 305 cm³/mol. The van der Waals surface area contributed by atoms with Gasteiger partial charge < -0.3 is 20.3 Å². The van der Waals surface area contributed by atoms with Crippen LogP contribution in [-0.4, -0.2) is 46.9 Å². The number of esters is 1. The number of carbonyl (C=O) groups excluding carboxylic acids is 2. The van der Waals surface area contributed by atoms with Crippen LogP contribution in [0.5, 0.6) is 0 Å². The average molecular weight is 981 g/mol. The molecular formula is C64H117NO5. The zero-order valence-electron chi connectivity index (χ0n) is 46.7. The smallest absolute Gasteiger partial charge is 0.306 e. The van der Waals surface area contributed by atoms with E-state index >= 15 is 0 Å². The van der Waals surface area contributed by atoms with E-state index in [2.05, 4.69) is 86.8 Å². The van der Waals surface area contributed by atoms with Gasteiger partial charge in [-0.15, -0.1) is 0 Å². The van der Waals surface area contributed by atoms with Crippen molar-refractivity contribution in [2.45, 2.75) is 328 Å². The summed E-state index contributed by atoms with van der Waals surface area (Å²) in [6, 6.07) is -0.712. The topological polar surface area (TPSA) is 95.9 Å². The Balaban J connectivity index is 4.62. The second-order valence-corrected chi connectivity index (χ2v) is 20.7. The van der Waals surface area contributed by atoms with Gasteiger partial charge in [0.15, 0.2) is 0 Å². The van der Waals surface area contributed by atoms with Crippen molar-refractivity contribution in [3.63, 3.8) is 0 Å². The highest BCUT2D eigenvalue weighted by Crippen LogP contribution is 2.18. The molecule has 0 aliphatic heterocycles. The summed E-state index contributed by atoms with van der Waals surface area (Å²) in [5, 5.41) is 23.9. The molecule has 0 heterocycles. The average Bonchev–Trinajstić information content (AvgIpc) is 3.35. The molecule has 0 fully saturated rings. The largest absolute Gasteiger partial charge is 0.462 e. The Bertz CT molecular complexity index is 1240. The molecule has 0 saturated heterocycles. The summed E-state index contributed by atoms with van der Waals surface area (Å²) in [5.41, 5.74) is 0. The van der Waals surface area contributed by atoms with Crippen LogP contribution in [0.1, 0.15) is 310 Å². The first-order valence-electron chi connectivity index (χ1n) is 30.5. The van der Waals surface area contributed by atoms with Gasteiger partial charge in [-0.25, -0.2) is 0 Å². The molecule has 3 N–H and O–H groups in total. The minimum Gasteiger partial charge on any atom is -0.462 e. The zero-order chi connectivity index (χ0) is 50.9. The molecular weight excluding hydrogens is 863 g/mol. The lowest BCUT2D eigenvalue weighted by atomic mass is 10.0. The molecule has 0 spiro atoms. The molecule has 0 aliphatic carbocycles. The van der Waals surface area contributed by atoms with Crippen LogP contribution in [-0.2, 0) is 14.3 Å². The maximum Gasteiger partial charge on any atom is 0.306 e. The van der Waals surface area contributed by atoms with Gasteiger partial charge in [-0.1, -0.05) is 261 Å². The maximum atomic E-state index is 13.3. The molecule has 0 bridgehead atoms. The van der Waals surface area contributed by atoms with Crippen molar-refractivity contribution >= 4 is 11.9 Å². The van der Waals surface area contributed by atoms with Crippen LogP contribution in [0, 0.1) is 0 Å². The quantitative estimate of drug-likeness (QED) is 0.0321. The number of rotatable bonds is 55. The third-order valence-corrected chi connectivity index (χ3v) is 13.8. The molecule has 0 rings (SSSR count). The van der Waals surface area contributed by atoms with Crippen molar-refractivity contribution in [3.8, 4) is 0 Å². The number of hydrogen-bond donors (Lipinski definition) is 3. The number of aliphatic hydroxyl groups excluding tert-OH is 2. The Morgan fingerprint density at radius 2 is 0.729 bits per heavy atom. The van der Waals surface area contributed by atoms with Crippen LogP contribution in [0.2, 0.25) is 0 Å². The van der Waals surface area contributed by atoms with Gasteiger partial charge in [0.05, 0.1) is 25.2 Å². The SMILES string of the molecule is CCCCC/C=C\C/C=C\C/C=C\C/C=C\CCCCCC(=O)OC(CCCCCCCCC/C=C/CCCCCCCC)CC(=O)NC(CO)C(O)CCCCCCCCCCCCCCCCC. The number of hydrogen-bond acceptors (Lipinski definition) is 5. The van der Waals surface area contributed by atoms with E-state index in [1.165, 1.54) is 180 Å². The standard InChI is InChI=1S/C64H117NO5/c1-4-7-10-13-16-19-22-25-28-30-31-33-36-39-42-45-48-51-54-57-64(69)70-60(55-52-49-46-43-40-37-35-32-29-26-23-20-17-14-11-8-5-2)58-63(68)65-61(59-66)62(67)56-53-50-47-44-41-38-34-27-24-21-18-15-12-9-6-3/h16,19,25-26,28-29,31,33,39,42,60-62,66-67H,4-15,17-18,20-24,27,30,32,34-38,40-41,43-59H2,1-3H3,(H,65,68)/b19-16-,28-25-,29-26+,33-31-,42-39-. The second-order valence-electron chi connectivity index (χ2n) is 20.7. The van der Waals surface area contributed by atoms with Crippen LogP contribution in [0.3, 0.4) is 0 Å². The molecule has 0 aromatic carbocycles. The molecule has 70 heavy (non-hydrogen) atoms. The number of nitrogens with one attached hydrogen (secondary N) is 1. The third-order valence-electron chi connectivity index (χ3n) is 13.8. The normalized spacial score (nSPS) is 13.5. The Labute approximate surface area is 435 Å². The van der Waals surface area contributed by atoms with E-state index in [1.54, 1.807) is 0 Å². The van der Waals surface area contributed by atoms with Gasteiger partial charge in [0, 0.05) is 6.42 Å². The van der Waals surface area contributed by atoms with Crippen molar-refractivity contribution in [1.82, 2.24) is 5.32 Å². The highest BCUT2D eigenvalue weighted by molar-refractivity contribution is 5.77. The molecule has 0 aliphatic rings. The van der Waals surface area contributed by atoms with E-state index < -0.39 is 18.2 Å². The monoisotopic (exact) mass is 980 g/mol. The van der Waals surface area contributed by atoms with Crippen molar-refractivity contribution in [1.29, 1.82) is 0 Å². The van der Waals surface area contributed by atoms with Crippen molar-refractivity contribution in [3.05, 3.63) is 60.8 Å². The minimum atomic E-state index is -0.797. The fourth-order valence-electron chi connectivity index (χ4n) is 9.18. The number of ether oxygens (including phenoxy) is 1. The molecule has 6 nitrogen and oxygen atoms in total. The molecule has 0 radical (unpaired) electrons. The Morgan fingerprint density at radius 3 is 1.14 bits per heavy atom. The van der Waals surface area contributed by atoms with Crippen LogP contribution in [0.4, 0.5) is 0 Å². The van der Waals surface area contributed by atoms with Crippen LogP contribution in [0.15, 0.2) is 60.8 Å². The van der Waals surface area contributed by atoms with Crippen LogP contribution in [0.25, 0.3) is 0 Å². The summed E-state index contributed by atoms with van der Waals surface area (Å²) < 4.78 is 5.96. The number of allylic oxidation sites excluding steroid dienone is 10. The van der Waals surface area contributed by atoms with Gasteiger partial charge in [0.25, 0.3) is 0 Å². The van der Waals surface area contributed by atoms with Crippen LogP contribution >= 0.6 is 0 Å². The van der Waals surface area contributed by atoms with Gasteiger partial charge in [0.1, 0.15) is 6.10 Å². The van der Waals surface area contributed by atoms with Gasteiger partial charge >= 0.3 is 5.97 Å². The van der Waals surface area contributed by atoms with E-state index in [-0.39, 0.29) is 24.9 Å². The molecule has 0 aromatic heterocycles. The summed E-state index contributed by atoms with van der Waals surface area (Å²) in [6.07, 6.45) is 72.8. The van der Waals surface area contributed by atoms with Gasteiger partial charge in [-0.05, 0) is 96.3 Å². The highest BCUT2D eigenvalue weighted by Gasteiger charge is 2.24. The summed E-state index contributed by atoms with van der Waals surface area (Å²) in [4.78, 5) is 26.3. The highest BCUT2D eigenvalue weighted by atomic mass is 16.5. The zero-order valence-corrected chi connectivity index (χ0v) is 46.7. The van der Waals surface area contributed by atoms with Crippen molar-refractivity contribution < 1.29 is 24.5 Å². The Hall–Kier alpha value is -2.44. The summed E-state index contributed by atoms with van der Waals surface area (Å²) in [6.45, 7) is 6.48. The lowest BCUT2D eigenvalue weighted by molar-refractivity contribution is -0.151. The van der Waals surface area contributed by atoms with E-state index in [9.17, 15) is 19.8 Å². The van der Waals surface area contributed by atoms with Gasteiger partial charge in [0.2, 0.25) is 5.91 Å². The molecule has 6 heteroatoms. The summed E-state index contributed by atoms with van der Waals surface area (Å²) >= 11 is 0. The van der Waals surface area contributed by atoms with E-state index in [4.69, 9.17) is 4.74 Å². The lowest BCUT2D eigenvalue weighted by Crippen LogP contribution is -2.46. The van der Waals surface area contributed by atoms with Crippen molar-refractivity contribution in [2.75, 3.05) is 6.61 Å². The lowest BCUT2D eigenvalue weighted by Gasteiger charge is -2.24. The Kier molecular flexibility index (Phi) is 55.5. The van der Waals surface area contributed by atoms with E-state index in [0.29, 0.717) is 19.3 Å². The summed E-state index contributed by atoms with van der Waals surface area (Å²) in [7, 11) is 0. The molecule has 0 saturated carbocycles. The number of aliphatic hydroxyl groups is 2. The first-order valence-corrected chi connectivity index (χ1v) is 30.5. The van der Waals surface area contributed by atoms with Gasteiger partial charge in [-0.3, -0.25) is 9.59 Å². The van der Waals surface area contributed by atoms with Crippen LogP contribution < -0.4 is 5.32 Å². The number of carbonyl (C=O) groups is 2. The van der Waals surface area contributed by atoms with E-state index in [1.807, 2.05) is 0 Å². The molecule has 0 aromatic rings. The molecule has 3 unspecified atom stereocenters. The number of amides is 1. The second kappa shape index (κ2) is 57.5. The Morgan fingerprint density at radius 1 is 0.414 bits per heavy atom. The van der Waals surface area contributed by atoms with Crippen molar-refractivity contribution in [2.24, 2.45) is 0 Å². The predicted octanol–water partition coefficient (Wildman–Crippen LogP) is 19.1. The maximum absolute atomic E-state index is 13.3. The number of unbranched alkanes of at least 4 members (excludes halogenated alkanes) is 33. The fraction of sp³-hybridized carbons (Fsp3) is 0.812. The van der Waals surface area contributed by atoms with Gasteiger partial charge in [-0.2, -0.15) is 0 Å². The fourth-order valence-corrected chi connectivity index (χ4v) is 9.18. The first-order chi connectivity index (χ1) is 34.5. The molecule has 1 amide bonds. The first kappa shape index (κ1) is 67.6. The minimum absolute atomic E-state index is 0.0619. The molecule has 408 valence electrons. The third kappa shape index (κ3) is 51.9.